The van der Waals surface area contributed by atoms with Crippen LogP contribution < -0.4 is 11.1 Å². The van der Waals surface area contributed by atoms with Crippen molar-refractivity contribution in [1.29, 1.82) is 0 Å². The smallest absolute Gasteiger partial charge is 0.246 e. The number of hydrogen-bond acceptors (Lipinski definition) is 3. The molecule has 0 saturated carbocycles. The van der Waals surface area contributed by atoms with Gasteiger partial charge in [0.1, 0.15) is 11.9 Å². The molecular formula is C12H13FN4O. The highest BCUT2D eigenvalue weighted by molar-refractivity contribution is 5.83. The van der Waals surface area contributed by atoms with Gasteiger partial charge in [0, 0.05) is 12.7 Å². The third-order valence-corrected chi connectivity index (χ3v) is 2.59. The summed E-state index contributed by atoms with van der Waals surface area (Å²) < 4.78 is 14.5. The minimum absolute atomic E-state index is 0.336. The summed E-state index contributed by atoms with van der Waals surface area (Å²) in [5.74, 6) is -0.861. The molecule has 0 saturated heterocycles. The van der Waals surface area contributed by atoms with E-state index in [2.05, 4.69) is 10.3 Å². The van der Waals surface area contributed by atoms with E-state index in [4.69, 9.17) is 5.73 Å². The number of hydrogen-bond donors (Lipinski definition) is 2. The first-order valence-corrected chi connectivity index (χ1v) is 5.35. The summed E-state index contributed by atoms with van der Waals surface area (Å²) in [6.45, 7) is 0. The fraction of sp³-hybridized carbons (Fsp3) is 0.167. The largest absolute Gasteiger partial charge is 0.369 e. The Hall–Kier alpha value is -2.37. The van der Waals surface area contributed by atoms with E-state index < -0.39 is 11.9 Å². The lowest BCUT2D eigenvalue weighted by Crippen LogP contribution is -2.29. The first-order chi connectivity index (χ1) is 8.58. The van der Waals surface area contributed by atoms with Crippen molar-refractivity contribution in [3.8, 4) is 0 Å². The molecule has 1 atom stereocenters. The molecule has 1 heterocycles. The third kappa shape index (κ3) is 2.48. The summed E-state index contributed by atoms with van der Waals surface area (Å²) in [6, 6.07) is 5.00. The van der Waals surface area contributed by atoms with Gasteiger partial charge < -0.3 is 15.6 Å². The Bertz CT molecular complexity index is 549. The van der Waals surface area contributed by atoms with Gasteiger partial charge in [0.25, 0.3) is 0 Å². The van der Waals surface area contributed by atoms with Gasteiger partial charge in [0.15, 0.2) is 0 Å². The molecular weight excluding hydrogens is 235 g/mol. The van der Waals surface area contributed by atoms with Gasteiger partial charge in [0.2, 0.25) is 5.91 Å². The van der Waals surface area contributed by atoms with E-state index in [-0.39, 0.29) is 5.82 Å². The van der Waals surface area contributed by atoms with Gasteiger partial charge in [-0.2, -0.15) is 0 Å². The zero-order valence-electron chi connectivity index (χ0n) is 9.80. The van der Waals surface area contributed by atoms with E-state index >= 15 is 0 Å². The minimum atomic E-state index is -0.706. The minimum Gasteiger partial charge on any atom is -0.369 e. The number of benzene rings is 1. The Morgan fingerprint density at radius 3 is 2.61 bits per heavy atom. The van der Waals surface area contributed by atoms with Crippen molar-refractivity contribution < 1.29 is 9.18 Å². The van der Waals surface area contributed by atoms with Crippen LogP contribution in [0.5, 0.6) is 0 Å². The maximum atomic E-state index is 12.8. The van der Waals surface area contributed by atoms with Crippen LogP contribution in [0.25, 0.3) is 0 Å². The number of aryl methyl sites for hydroxylation is 1. The molecule has 0 fully saturated rings. The van der Waals surface area contributed by atoms with Crippen molar-refractivity contribution in [3.05, 3.63) is 48.3 Å². The lowest BCUT2D eigenvalue weighted by molar-refractivity contribution is -0.118. The Morgan fingerprint density at radius 2 is 2.11 bits per heavy atom. The number of nitrogens with one attached hydrogen (secondary N) is 1. The molecule has 1 unspecified atom stereocenters. The van der Waals surface area contributed by atoms with Crippen molar-refractivity contribution in [2.24, 2.45) is 12.8 Å². The van der Waals surface area contributed by atoms with Gasteiger partial charge in [-0.05, 0) is 24.3 Å². The zero-order chi connectivity index (χ0) is 13.1. The fourth-order valence-electron chi connectivity index (χ4n) is 1.65. The Balaban J connectivity index is 2.25. The maximum absolute atomic E-state index is 12.8. The average Bonchev–Trinajstić information content (AvgIpc) is 2.74. The number of halogens is 1. The van der Waals surface area contributed by atoms with Crippen LogP contribution in [-0.2, 0) is 11.8 Å². The molecule has 0 radical (unpaired) electrons. The van der Waals surface area contributed by atoms with Gasteiger partial charge in [-0.1, -0.05) is 0 Å². The summed E-state index contributed by atoms with van der Waals surface area (Å²) in [5.41, 5.74) is 6.62. The normalized spacial score (nSPS) is 12.1. The molecule has 0 spiro atoms. The van der Waals surface area contributed by atoms with Gasteiger partial charge in [-0.15, -0.1) is 0 Å². The van der Waals surface area contributed by atoms with Gasteiger partial charge >= 0.3 is 0 Å². The summed E-state index contributed by atoms with van der Waals surface area (Å²) >= 11 is 0. The van der Waals surface area contributed by atoms with Gasteiger partial charge in [-0.3, -0.25) is 4.79 Å². The van der Waals surface area contributed by atoms with Crippen molar-refractivity contribution in [2.75, 3.05) is 5.32 Å². The summed E-state index contributed by atoms with van der Waals surface area (Å²) in [4.78, 5) is 15.4. The molecule has 5 nitrogen and oxygen atoms in total. The molecule has 2 rings (SSSR count). The number of carbonyl (C=O) groups is 1. The third-order valence-electron chi connectivity index (χ3n) is 2.59. The molecule has 1 amide bonds. The maximum Gasteiger partial charge on any atom is 0.246 e. The highest BCUT2D eigenvalue weighted by Crippen LogP contribution is 2.19. The molecule has 94 valence electrons. The molecule has 1 aromatic carbocycles. The number of amides is 1. The number of rotatable bonds is 4. The summed E-state index contributed by atoms with van der Waals surface area (Å²) in [7, 11) is 1.77. The van der Waals surface area contributed by atoms with Crippen LogP contribution in [0.3, 0.4) is 0 Å². The molecule has 1 aromatic heterocycles. The number of carbonyl (C=O) groups excluding carboxylic acids is 1. The van der Waals surface area contributed by atoms with Crippen LogP contribution in [0.15, 0.2) is 36.8 Å². The number of anilines is 1. The molecule has 0 aliphatic rings. The molecule has 6 heteroatoms. The van der Waals surface area contributed by atoms with Gasteiger partial charge in [-0.25, -0.2) is 9.37 Å². The highest BCUT2D eigenvalue weighted by atomic mass is 19.1. The topological polar surface area (TPSA) is 72.9 Å². The van der Waals surface area contributed by atoms with Crippen molar-refractivity contribution in [1.82, 2.24) is 9.55 Å². The first kappa shape index (κ1) is 12.1. The van der Waals surface area contributed by atoms with Crippen LogP contribution in [0.4, 0.5) is 10.1 Å². The standard InChI is InChI=1S/C12H13FN4O/c1-17-7-15-6-10(17)11(12(14)18)16-9-4-2-8(13)3-5-9/h2-7,11,16H,1H3,(H2,14,18). The van der Waals surface area contributed by atoms with E-state index in [9.17, 15) is 9.18 Å². The SMILES string of the molecule is Cn1cncc1C(Nc1ccc(F)cc1)C(N)=O. The predicted octanol–water partition coefficient (Wildman–Crippen LogP) is 1.20. The van der Waals surface area contributed by atoms with E-state index in [1.54, 1.807) is 36.3 Å². The van der Waals surface area contributed by atoms with Crippen molar-refractivity contribution in [2.45, 2.75) is 6.04 Å². The average molecular weight is 248 g/mol. The molecule has 2 aromatic rings. The quantitative estimate of drug-likeness (QED) is 0.853. The highest BCUT2D eigenvalue weighted by Gasteiger charge is 2.20. The van der Waals surface area contributed by atoms with E-state index in [0.29, 0.717) is 11.4 Å². The van der Waals surface area contributed by atoms with Crippen molar-refractivity contribution in [3.63, 3.8) is 0 Å². The molecule has 0 aliphatic heterocycles. The second kappa shape index (κ2) is 4.87. The van der Waals surface area contributed by atoms with E-state index in [1.165, 1.54) is 12.1 Å². The Kier molecular flexibility index (Phi) is 3.27. The Labute approximate surface area is 103 Å². The Morgan fingerprint density at radius 1 is 1.44 bits per heavy atom. The van der Waals surface area contributed by atoms with Crippen LogP contribution in [0.2, 0.25) is 0 Å². The number of imidazole rings is 1. The number of primary amides is 1. The zero-order valence-corrected chi connectivity index (χ0v) is 9.80. The van der Waals surface area contributed by atoms with Crippen LogP contribution >= 0.6 is 0 Å². The van der Waals surface area contributed by atoms with Gasteiger partial charge in [0.05, 0.1) is 18.2 Å². The molecule has 0 aliphatic carbocycles. The van der Waals surface area contributed by atoms with Crippen molar-refractivity contribution >= 4 is 11.6 Å². The molecule has 3 N–H and O–H groups in total. The van der Waals surface area contributed by atoms with Crippen LogP contribution in [-0.4, -0.2) is 15.5 Å². The number of aromatic nitrogens is 2. The summed E-state index contributed by atoms with van der Waals surface area (Å²) in [5, 5.41) is 2.95. The second-order valence-electron chi connectivity index (χ2n) is 3.92. The molecule has 0 bridgehead atoms. The monoisotopic (exact) mass is 248 g/mol. The van der Waals surface area contributed by atoms with Crippen LogP contribution in [0, 0.1) is 5.82 Å². The molecule has 18 heavy (non-hydrogen) atoms. The second-order valence-corrected chi connectivity index (χ2v) is 3.92. The van der Waals surface area contributed by atoms with E-state index in [0.717, 1.165) is 0 Å². The number of nitrogens with zero attached hydrogens (tertiary/aromatic N) is 2. The predicted molar refractivity (Wildman–Crippen MR) is 65.2 cm³/mol. The van der Waals surface area contributed by atoms with E-state index in [1.807, 2.05) is 0 Å². The first-order valence-electron chi connectivity index (χ1n) is 5.35. The number of nitrogens with two attached hydrogens (primary N) is 1. The lowest BCUT2D eigenvalue weighted by atomic mass is 10.2. The lowest BCUT2D eigenvalue weighted by Gasteiger charge is -2.17. The fourth-order valence-corrected chi connectivity index (χ4v) is 1.65. The summed E-state index contributed by atoms with van der Waals surface area (Å²) in [6.07, 6.45) is 3.14. The van der Waals surface area contributed by atoms with Crippen LogP contribution in [0.1, 0.15) is 11.7 Å².